The predicted molar refractivity (Wildman–Crippen MR) is 99.6 cm³/mol. The van der Waals surface area contributed by atoms with Gasteiger partial charge in [0.15, 0.2) is 12.7 Å². The molecule has 0 bridgehead atoms. The molecule has 2 aromatic carbocycles. The molecule has 1 aliphatic rings. The SMILES string of the molecule is C[C@@H](OC(=O)COc1ccc(Cl)cc1)C(=O)N1c2ccccc2C[C@@H]1C. The van der Waals surface area contributed by atoms with Crippen LogP contribution in [0.15, 0.2) is 48.5 Å². The number of hydrogen-bond donors (Lipinski definition) is 0. The van der Waals surface area contributed by atoms with Crippen LogP contribution >= 0.6 is 11.6 Å². The Bertz CT molecular complexity index is 806. The number of benzene rings is 2. The van der Waals surface area contributed by atoms with Crippen molar-refractivity contribution in [2.75, 3.05) is 11.5 Å². The number of nitrogens with zero attached hydrogens (tertiary/aromatic N) is 1. The third kappa shape index (κ3) is 3.99. The highest BCUT2D eigenvalue weighted by molar-refractivity contribution is 6.30. The van der Waals surface area contributed by atoms with E-state index in [-0.39, 0.29) is 18.6 Å². The van der Waals surface area contributed by atoms with Crippen molar-refractivity contribution < 1.29 is 19.1 Å². The average molecular weight is 374 g/mol. The van der Waals surface area contributed by atoms with Crippen molar-refractivity contribution in [2.24, 2.45) is 0 Å². The maximum atomic E-state index is 12.8. The molecule has 0 aromatic heterocycles. The Morgan fingerprint density at radius 2 is 1.88 bits per heavy atom. The molecular weight excluding hydrogens is 354 g/mol. The first-order valence-corrected chi connectivity index (χ1v) is 8.82. The van der Waals surface area contributed by atoms with E-state index in [0.717, 1.165) is 17.7 Å². The first-order chi connectivity index (χ1) is 12.5. The minimum absolute atomic E-state index is 0.0337. The van der Waals surface area contributed by atoms with Gasteiger partial charge in [-0.25, -0.2) is 4.79 Å². The standard InChI is InChI=1S/C20H20ClNO4/c1-13-11-15-5-3-4-6-18(15)22(13)20(24)14(2)26-19(23)12-25-17-9-7-16(21)8-10-17/h3-10,13-14H,11-12H2,1-2H3/t13-,14+/m0/s1. The number of ether oxygens (including phenoxy) is 2. The lowest BCUT2D eigenvalue weighted by atomic mass is 10.1. The van der Waals surface area contributed by atoms with Gasteiger partial charge in [-0.2, -0.15) is 0 Å². The fourth-order valence-electron chi connectivity index (χ4n) is 3.05. The van der Waals surface area contributed by atoms with Gasteiger partial charge in [0.25, 0.3) is 5.91 Å². The molecule has 2 aromatic rings. The lowest BCUT2D eigenvalue weighted by Crippen LogP contribution is -2.43. The number of para-hydroxylation sites is 1. The zero-order valence-electron chi connectivity index (χ0n) is 14.6. The highest BCUT2D eigenvalue weighted by atomic mass is 35.5. The third-order valence-corrected chi connectivity index (χ3v) is 4.52. The second-order valence-electron chi connectivity index (χ2n) is 6.26. The average Bonchev–Trinajstić information content (AvgIpc) is 2.96. The topological polar surface area (TPSA) is 55.8 Å². The molecule has 0 unspecified atom stereocenters. The van der Waals surface area contributed by atoms with E-state index in [4.69, 9.17) is 21.1 Å². The molecule has 6 heteroatoms. The summed E-state index contributed by atoms with van der Waals surface area (Å²) in [6, 6.07) is 14.5. The summed E-state index contributed by atoms with van der Waals surface area (Å²) in [6.45, 7) is 3.29. The summed E-state index contributed by atoms with van der Waals surface area (Å²) in [5.41, 5.74) is 2.00. The van der Waals surface area contributed by atoms with E-state index in [2.05, 4.69) is 0 Å². The molecule has 0 saturated carbocycles. The van der Waals surface area contributed by atoms with Gasteiger partial charge < -0.3 is 14.4 Å². The molecule has 2 atom stereocenters. The number of rotatable bonds is 5. The van der Waals surface area contributed by atoms with Crippen LogP contribution in [-0.2, 0) is 20.7 Å². The summed E-state index contributed by atoms with van der Waals surface area (Å²) in [4.78, 5) is 26.5. The van der Waals surface area contributed by atoms with Crippen molar-refractivity contribution in [1.82, 2.24) is 0 Å². The van der Waals surface area contributed by atoms with Crippen molar-refractivity contribution in [3.05, 3.63) is 59.1 Å². The van der Waals surface area contributed by atoms with E-state index in [1.807, 2.05) is 31.2 Å². The highest BCUT2D eigenvalue weighted by Gasteiger charge is 2.34. The number of hydrogen-bond acceptors (Lipinski definition) is 4. The Morgan fingerprint density at radius 1 is 1.19 bits per heavy atom. The molecule has 0 saturated heterocycles. The smallest absolute Gasteiger partial charge is 0.344 e. The Hall–Kier alpha value is -2.53. The van der Waals surface area contributed by atoms with Gasteiger partial charge in [-0.3, -0.25) is 4.79 Å². The maximum Gasteiger partial charge on any atom is 0.344 e. The van der Waals surface area contributed by atoms with E-state index in [9.17, 15) is 9.59 Å². The normalized spacial score (nSPS) is 16.7. The number of amides is 1. The van der Waals surface area contributed by atoms with Crippen LogP contribution in [0.4, 0.5) is 5.69 Å². The fourth-order valence-corrected chi connectivity index (χ4v) is 3.18. The molecule has 0 N–H and O–H groups in total. The van der Waals surface area contributed by atoms with E-state index < -0.39 is 12.1 Å². The first-order valence-electron chi connectivity index (χ1n) is 8.44. The third-order valence-electron chi connectivity index (χ3n) is 4.27. The van der Waals surface area contributed by atoms with Gasteiger partial charge in [-0.05, 0) is 56.2 Å². The van der Waals surface area contributed by atoms with Crippen molar-refractivity contribution in [3.63, 3.8) is 0 Å². The Morgan fingerprint density at radius 3 is 2.62 bits per heavy atom. The van der Waals surface area contributed by atoms with E-state index in [1.54, 1.807) is 36.1 Å². The molecular formula is C20H20ClNO4. The summed E-state index contributed by atoms with van der Waals surface area (Å²) in [5.74, 6) is -0.323. The number of halogens is 1. The van der Waals surface area contributed by atoms with E-state index in [0.29, 0.717) is 10.8 Å². The monoisotopic (exact) mass is 373 g/mol. The molecule has 5 nitrogen and oxygen atoms in total. The molecule has 0 aliphatic carbocycles. The molecule has 3 rings (SSSR count). The van der Waals surface area contributed by atoms with Crippen LogP contribution in [0.3, 0.4) is 0 Å². The summed E-state index contributed by atoms with van der Waals surface area (Å²) < 4.78 is 10.6. The molecule has 136 valence electrons. The first kappa shape index (κ1) is 18.3. The molecule has 26 heavy (non-hydrogen) atoms. The summed E-state index contributed by atoms with van der Waals surface area (Å²) in [5, 5.41) is 0.583. The van der Waals surface area contributed by atoms with Gasteiger partial charge in [-0.1, -0.05) is 29.8 Å². The van der Waals surface area contributed by atoms with Crippen LogP contribution in [0.2, 0.25) is 5.02 Å². The van der Waals surface area contributed by atoms with Gasteiger partial charge in [-0.15, -0.1) is 0 Å². The quantitative estimate of drug-likeness (QED) is 0.751. The predicted octanol–water partition coefficient (Wildman–Crippen LogP) is 3.63. The van der Waals surface area contributed by atoms with Crippen molar-refractivity contribution in [2.45, 2.75) is 32.4 Å². The lowest BCUT2D eigenvalue weighted by Gasteiger charge is -2.25. The molecule has 1 amide bonds. The molecule has 0 spiro atoms. The number of fused-ring (bicyclic) bond motifs is 1. The lowest BCUT2D eigenvalue weighted by molar-refractivity contribution is -0.155. The Kier molecular flexibility index (Phi) is 5.47. The number of carbonyl (C=O) groups is 2. The number of anilines is 1. The molecule has 0 fully saturated rings. The van der Waals surface area contributed by atoms with Crippen LogP contribution in [-0.4, -0.2) is 30.6 Å². The van der Waals surface area contributed by atoms with Crippen LogP contribution < -0.4 is 9.64 Å². The minimum Gasteiger partial charge on any atom is -0.482 e. The van der Waals surface area contributed by atoms with Gasteiger partial charge in [0.1, 0.15) is 5.75 Å². The van der Waals surface area contributed by atoms with Crippen molar-refractivity contribution in [3.8, 4) is 5.75 Å². The van der Waals surface area contributed by atoms with Gasteiger partial charge in [0.05, 0.1) is 0 Å². The minimum atomic E-state index is -0.884. The molecule has 1 heterocycles. The van der Waals surface area contributed by atoms with Gasteiger partial charge in [0, 0.05) is 16.8 Å². The molecule has 0 radical (unpaired) electrons. The summed E-state index contributed by atoms with van der Waals surface area (Å²) >= 11 is 5.80. The highest BCUT2D eigenvalue weighted by Crippen LogP contribution is 2.32. The number of carbonyl (C=O) groups excluding carboxylic acids is 2. The maximum absolute atomic E-state index is 12.8. The van der Waals surface area contributed by atoms with E-state index >= 15 is 0 Å². The van der Waals surface area contributed by atoms with Crippen LogP contribution in [0.5, 0.6) is 5.75 Å². The van der Waals surface area contributed by atoms with Crippen LogP contribution in [0.1, 0.15) is 19.4 Å². The summed E-state index contributed by atoms with van der Waals surface area (Å²) in [6.07, 6.45) is -0.0904. The molecule has 1 aliphatic heterocycles. The van der Waals surface area contributed by atoms with Crippen molar-refractivity contribution >= 4 is 29.2 Å². The van der Waals surface area contributed by atoms with Gasteiger partial charge >= 0.3 is 5.97 Å². The van der Waals surface area contributed by atoms with E-state index in [1.165, 1.54) is 0 Å². The van der Waals surface area contributed by atoms with Crippen LogP contribution in [0, 0.1) is 0 Å². The fraction of sp³-hybridized carbons (Fsp3) is 0.300. The van der Waals surface area contributed by atoms with Crippen molar-refractivity contribution in [1.29, 1.82) is 0 Å². The Labute approximate surface area is 157 Å². The zero-order valence-corrected chi connectivity index (χ0v) is 15.4. The zero-order chi connectivity index (χ0) is 18.7. The second kappa shape index (κ2) is 7.79. The summed E-state index contributed by atoms with van der Waals surface area (Å²) in [7, 11) is 0. The van der Waals surface area contributed by atoms with Crippen LogP contribution in [0.25, 0.3) is 0 Å². The second-order valence-corrected chi connectivity index (χ2v) is 6.70. The Balaban J connectivity index is 1.57. The largest absolute Gasteiger partial charge is 0.482 e. The number of esters is 1. The van der Waals surface area contributed by atoms with Gasteiger partial charge in [0.2, 0.25) is 0 Å².